The van der Waals surface area contributed by atoms with Gasteiger partial charge in [-0.3, -0.25) is 9.59 Å². The number of hydrogen-bond acceptors (Lipinski definition) is 5. The number of carbonyl (C=O) groups excluding carboxylic acids is 1. The van der Waals surface area contributed by atoms with Crippen LogP contribution in [-0.2, 0) is 14.3 Å². The molecule has 0 unspecified atom stereocenters. The van der Waals surface area contributed by atoms with Gasteiger partial charge in [-0.25, -0.2) is 0 Å². The molecule has 0 aromatic carbocycles. The zero-order chi connectivity index (χ0) is 32.9. The van der Waals surface area contributed by atoms with Gasteiger partial charge in [0.05, 0.1) is 12.8 Å². The van der Waals surface area contributed by atoms with Crippen LogP contribution in [-0.4, -0.2) is 46.2 Å². The zero-order valence-corrected chi connectivity index (χ0v) is 31.7. The van der Waals surface area contributed by atoms with Crippen molar-refractivity contribution in [2.45, 2.75) is 213 Å². The van der Waals surface area contributed by atoms with E-state index < -0.39 is 5.97 Å². The van der Waals surface area contributed by atoms with Crippen molar-refractivity contribution in [3.8, 4) is 0 Å². The highest BCUT2D eigenvalue weighted by atomic mass is 32.2. The lowest BCUT2D eigenvalue weighted by Crippen LogP contribution is -2.24. The molecule has 0 fully saturated rings. The number of ether oxygens (including phenoxy) is 1. The van der Waals surface area contributed by atoms with E-state index in [0.717, 1.165) is 23.0 Å². The predicted molar refractivity (Wildman–Crippen MR) is 202 cm³/mol. The summed E-state index contributed by atoms with van der Waals surface area (Å²) in [5.74, 6) is 2.57. The van der Waals surface area contributed by atoms with Crippen molar-refractivity contribution in [3.63, 3.8) is 0 Å². The van der Waals surface area contributed by atoms with Crippen molar-refractivity contribution in [1.29, 1.82) is 0 Å². The molecular formula is C39H76O4S2. The van der Waals surface area contributed by atoms with Gasteiger partial charge in [-0.05, 0) is 24.3 Å². The van der Waals surface area contributed by atoms with Crippen LogP contribution >= 0.6 is 23.5 Å². The molecule has 1 N–H and O–H groups in total. The Morgan fingerprint density at radius 2 is 0.756 bits per heavy atom. The lowest BCUT2D eigenvalue weighted by molar-refractivity contribution is -0.150. The maximum Gasteiger partial charge on any atom is 0.306 e. The van der Waals surface area contributed by atoms with Crippen LogP contribution in [0.1, 0.15) is 206 Å². The molecule has 0 radical (unpaired) electrons. The molecule has 0 saturated heterocycles. The molecule has 0 bridgehead atoms. The highest BCUT2D eigenvalue weighted by molar-refractivity contribution is 8.00. The molecule has 0 aliphatic heterocycles. The average Bonchev–Trinajstić information content (AvgIpc) is 3.03. The molecule has 0 spiro atoms. The van der Waals surface area contributed by atoms with Crippen molar-refractivity contribution >= 4 is 35.5 Å². The highest BCUT2D eigenvalue weighted by Gasteiger charge is 2.16. The van der Waals surface area contributed by atoms with Crippen LogP contribution in [0.25, 0.3) is 0 Å². The first-order valence-electron chi connectivity index (χ1n) is 19.7. The molecule has 0 amide bonds. The Morgan fingerprint density at radius 1 is 0.467 bits per heavy atom. The number of carboxylic acids is 1. The number of hydrogen-bond donors (Lipinski definition) is 1. The summed E-state index contributed by atoms with van der Waals surface area (Å²) in [6.07, 6.45) is 38.3. The smallest absolute Gasteiger partial charge is 0.306 e. The normalized spacial score (nSPS) is 11.4. The van der Waals surface area contributed by atoms with Crippen molar-refractivity contribution in [2.75, 3.05) is 23.0 Å². The lowest BCUT2D eigenvalue weighted by Gasteiger charge is -2.17. The van der Waals surface area contributed by atoms with Gasteiger partial charge in [0.2, 0.25) is 0 Å². The molecule has 0 aromatic rings. The van der Waals surface area contributed by atoms with Gasteiger partial charge in [0.1, 0.15) is 6.10 Å². The Morgan fingerprint density at radius 3 is 1.04 bits per heavy atom. The SMILES string of the molecule is CCCCCCCCCCCCCCCCSCC(CSCCCCCCCCCCCCCCCC)OC(=O)CCC(=O)O. The summed E-state index contributed by atoms with van der Waals surface area (Å²) >= 11 is 3.79. The van der Waals surface area contributed by atoms with Gasteiger partial charge in [-0.15, -0.1) is 0 Å². The van der Waals surface area contributed by atoms with Gasteiger partial charge in [0.25, 0.3) is 0 Å². The van der Waals surface area contributed by atoms with E-state index in [1.54, 1.807) is 0 Å². The van der Waals surface area contributed by atoms with Crippen LogP contribution in [0.2, 0.25) is 0 Å². The van der Waals surface area contributed by atoms with E-state index in [1.165, 1.54) is 180 Å². The molecule has 0 aliphatic carbocycles. The quantitative estimate of drug-likeness (QED) is 0.0520. The highest BCUT2D eigenvalue weighted by Crippen LogP contribution is 2.19. The first-order valence-corrected chi connectivity index (χ1v) is 22.0. The number of esters is 1. The fourth-order valence-corrected chi connectivity index (χ4v) is 7.99. The van der Waals surface area contributed by atoms with Crippen LogP contribution in [0.3, 0.4) is 0 Å². The van der Waals surface area contributed by atoms with Gasteiger partial charge < -0.3 is 9.84 Å². The molecule has 0 atom stereocenters. The number of thioether (sulfide) groups is 2. The molecule has 0 rings (SSSR count). The second-order valence-corrected chi connectivity index (χ2v) is 15.6. The number of carboxylic acid groups (broad SMARTS) is 1. The lowest BCUT2D eigenvalue weighted by atomic mass is 10.0. The van der Waals surface area contributed by atoms with E-state index in [0.29, 0.717) is 0 Å². The average molecular weight is 673 g/mol. The maximum atomic E-state index is 12.2. The Hall–Kier alpha value is -0.360. The first kappa shape index (κ1) is 44.6. The standard InChI is InChI=1S/C39H76O4S2/c1-3-5-7-9-11-13-15-17-19-21-23-25-27-29-33-44-35-37(43-39(42)32-31-38(40)41)36-45-34-30-28-26-24-22-20-18-16-14-12-10-8-6-4-2/h37H,3-36H2,1-2H3,(H,40,41). The second kappa shape index (κ2) is 38.1. The third-order valence-electron chi connectivity index (χ3n) is 8.73. The fourth-order valence-electron chi connectivity index (χ4n) is 5.80. The molecule has 0 aromatic heterocycles. The fraction of sp³-hybridized carbons (Fsp3) is 0.949. The Labute approximate surface area is 289 Å². The third-order valence-corrected chi connectivity index (χ3v) is 11.1. The Bertz CT molecular complexity index is 580. The number of aliphatic carboxylic acids is 1. The van der Waals surface area contributed by atoms with Gasteiger partial charge >= 0.3 is 11.9 Å². The second-order valence-electron chi connectivity index (χ2n) is 13.3. The van der Waals surface area contributed by atoms with Gasteiger partial charge in [0, 0.05) is 11.5 Å². The Balaban J connectivity index is 3.80. The maximum absolute atomic E-state index is 12.2. The Kier molecular flexibility index (Phi) is 37.8. The van der Waals surface area contributed by atoms with E-state index in [2.05, 4.69) is 13.8 Å². The molecule has 6 heteroatoms. The molecule has 0 aliphatic rings. The van der Waals surface area contributed by atoms with Gasteiger partial charge in [-0.1, -0.05) is 181 Å². The minimum atomic E-state index is -0.942. The summed E-state index contributed by atoms with van der Waals surface area (Å²) < 4.78 is 5.71. The van der Waals surface area contributed by atoms with E-state index in [9.17, 15) is 9.59 Å². The summed E-state index contributed by atoms with van der Waals surface area (Å²) in [5, 5.41) is 8.90. The largest absolute Gasteiger partial charge is 0.481 e. The molecule has 0 heterocycles. The van der Waals surface area contributed by atoms with E-state index >= 15 is 0 Å². The van der Waals surface area contributed by atoms with E-state index in [4.69, 9.17) is 9.84 Å². The number of carbonyl (C=O) groups is 2. The molecule has 0 saturated carbocycles. The van der Waals surface area contributed by atoms with Gasteiger partial charge in [-0.2, -0.15) is 23.5 Å². The van der Waals surface area contributed by atoms with Crippen LogP contribution in [0.4, 0.5) is 0 Å². The minimum Gasteiger partial charge on any atom is -0.481 e. The molecule has 4 nitrogen and oxygen atoms in total. The van der Waals surface area contributed by atoms with E-state index in [-0.39, 0.29) is 24.9 Å². The topological polar surface area (TPSA) is 63.6 Å². The van der Waals surface area contributed by atoms with Crippen molar-refractivity contribution < 1.29 is 19.4 Å². The van der Waals surface area contributed by atoms with Crippen LogP contribution in [0, 0.1) is 0 Å². The van der Waals surface area contributed by atoms with E-state index in [1.807, 2.05) is 23.5 Å². The molecule has 268 valence electrons. The summed E-state index contributed by atoms with van der Waals surface area (Å²) in [6, 6.07) is 0. The van der Waals surface area contributed by atoms with Crippen LogP contribution in [0.5, 0.6) is 0 Å². The third kappa shape index (κ3) is 38.0. The number of rotatable bonds is 38. The summed E-state index contributed by atoms with van der Waals surface area (Å²) in [6.45, 7) is 4.56. The molecular weight excluding hydrogens is 597 g/mol. The predicted octanol–water partition coefficient (Wildman–Crippen LogP) is 13.2. The van der Waals surface area contributed by atoms with Gasteiger partial charge in [0.15, 0.2) is 0 Å². The van der Waals surface area contributed by atoms with Crippen LogP contribution < -0.4 is 0 Å². The summed E-state index contributed by atoms with van der Waals surface area (Å²) in [7, 11) is 0. The minimum absolute atomic E-state index is 0.0287. The number of unbranched alkanes of at least 4 members (excludes halogenated alkanes) is 26. The monoisotopic (exact) mass is 673 g/mol. The summed E-state index contributed by atoms with van der Waals surface area (Å²) in [4.78, 5) is 23.0. The van der Waals surface area contributed by atoms with Crippen molar-refractivity contribution in [1.82, 2.24) is 0 Å². The summed E-state index contributed by atoms with van der Waals surface area (Å²) in [5.41, 5.74) is 0. The first-order chi connectivity index (χ1) is 22.1. The van der Waals surface area contributed by atoms with Crippen molar-refractivity contribution in [2.24, 2.45) is 0 Å². The van der Waals surface area contributed by atoms with Crippen molar-refractivity contribution in [3.05, 3.63) is 0 Å². The zero-order valence-electron chi connectivity index (χ0n) is 30.1. The molecule has 45 heavy (non-hydrogen) atoms. The van der Waals surface area contributed by atoms with Crippen LogP contribution in [0.15, 0.2) is 0 Å².